The molecule has 2 aromatic heterocycles. The summed E-state index contributed by atoms with van der Waals surface area (Å²) in [7, 11) is 2.03. The highest BCUT2D eigenvalue weighted by Gasteiger charge is 2.26. The normalized spacial score (nSPS) is 22.8. The Morgan fingerprint density at radius 3 is 3.10 bits per heavy atom. The lowest BCUT2D eigenvalue weighted by atomic mass is 10.1. The fraction of sp³-hybridized carbons (Fsp3) is 0.571. The van der Waals surface area contributed by atoms with Crippen LogP contribution < -0.4 is 0 Å². The summed E-state index contributed by atoms with van der Waals surface area (Å²) in [5.41, 5.74) is 0.975. The number of rotatable bonds is 5. The Morgan fingerprint density at radius 1 is 1.50 bits per heavy atom. The highest BCUT2D eigenvalue weighted by molar-refractivity contribution is 7.08. The molecule has 20 heavy (non-hydrogen) atoms. The van der Waals surface area contributed by atoms with Crippen molar-refractivity contribution in [2.24, 2.45) is 5.92 Å². The van der Waals surface area contributed by atoms with E-state index in [4.69, 9.17) is 4.52 Å². The number of hydrogen-bond acceptors (Lipinski definition) is 6. The van der Waals surface area contributed by atoms with Crippen molar-refractivity contribution in [2.45, 2.75) is 31.9 Å². The van der Waals surface area contributed by atoms with Gasteiger partial charge in [-0.15, -0.1) is 0 Å². The number of aromatic nitrogens is 2. The SMILES string of the molecule is CN(Cc1noc(-c2ccsc2)n1)CC1CCCC1O. The van der Waals surface area contributed by atoms with E-state index in [1.54, 1.807) is 11.3 Å². The highest BCUT2D eigenvalue weighted by Crippen LogP contribution is 2.26. The van der Waals surface area contributed by atoms with Gasteiger partial charge in [0.25, 0.3) is 5.89 Å². The van der Waals surface area contributed by atoms with Crippen LogP contribution in [-0.2, 0) is 6.54 Å². The smallest absolute Gasteiger partial charge is 0.258 e. The molecule has 1 aliphatic carbocycles. The first kappa shape index (κ1) is 13.7. The first-order valence-electron chi connectivity index (χ1n) is 6.94. The molecule has 0 amide bonds. The van der Waals surface area contributed by atoms with Crippen LogP contribution in [0.5, 0.6) is 0 Å². The summed E-state index contributed by atoms with van der Waals surface area (Å²) < 4.78 is 5.27. The summed E-state index contributed by atoms with van der Waals surface area (Å²) in [6.07, 6.45) is 3.02. The third-order valence-corrected chi connectivity index (χ3v) is 4.50. The van der Waals surface area contributed by atoms with Gasteiger partial charge in [0.15, 0.2) is 5.82 Å². The Balaban J connectivity index is 1.57. The lowest BCUT2D eigenvalue weighted by Gasteiger charge is -2.21. The zero-order chi connectivity index (χ0) is 13.9. The van der Waals surface area contributed by atoms with Crippen LogP contribution in [0.15, 0.2) is 21.3 Å². The molecule has 1 aliphatic rings. The van der Waals surface area contributed by atoms with Crippen molar-refractivity contribution in [3.8, 4) is 11.5 Å². The van der Waals surface area contributed by atoms with Gasteiger partial charge in [-0.1, -0.05) is 11.6 Å². The molecule has 0 radical (unpaired) electrons. The number of thiophene rings is 1. The number of aliphatic hydroxyl groups is 1. The van der Waals surface area contributed by atoms with Gasteiger partial charge in [-0.25, -0.2) is 0 Å². The minimum atomic E-state index is -0.149. The molecule has 5 nitrogen and oxygen atoms in total. The van der Waals surface area contributed by atoms with Gasteiger partial charge in [-0.3, -0.25) is 4.90 Å². The maximum absolute atomic E-state index is 9.86. The maximum atomic E-state index is 9.86. The predicted octanol–water partition coefficient (Wildman–Crippen LogP) is 2.39. The van der Waals surface area contributed by atoms with E-state index < -0.39 is 0 Å². The molecule has 0 saturated heterocycles. The second-order valence-corrected chi connectivity index (χ2v) is 6.26. The van der Waals surface area contributed by atoms with Crippen molar-refractivity contribution in [2.75, 3.05) is 13.6 Å². The van der Waals surface area contributed by atoms with Gasteiger partial charge in [0.05, 0.1) is 18.2 Å². The van der Waals surface area contributed by atoms with Crippen LogP contribution in [0, 0.1) is 5.92 Å². The van der Waals surface area contributed by atoms with Crippen LogP contribution in [0.1, 0.15) is 25.1 Å². The van der Waals surface area contributed by atoms with E-state index in [1.165, 1.54) is 0 Å². The molecule has 2 unspecified atom stereocenters. The van der Waals surface area contributed by atoms with Gasteiger partial charge in [-0.2, -0.15) is 16.3 Å². The number of hydrogen-bond donors (Lipinski definition) is 1. The Labute approximate surface area is 122 Å². The molecule has 1 fully saturated rings. The van der Waals surface area contributed by atoms with Gasteiger partial charge in [0.1, 0.15) is 0 Å². The molecule has 2 atom stereocenters. The van der Waals surface area contributed by atoms with Crippen LogP contribution in [0.4, 0.5) is 0 Å². The molecule has 0 bridgehead atoms. The van der Waals surface area contributed by atoms with Crippen LogP contribution in [0.2, 0.25) is 0 Å². The molecule has 3 rings (SSSR count). The van der Waals surface area contributed by atoms with Crippen molar-refractivity contribution < 1.29 is 9.63 Å². The van der Waals surface area contributed by atoms with Gasteiger partial charge < -0.3 is 9.63 Å². The lowest BCUT2D eigenvalue weighted by Crippen LogP contribution is -2.29. The van der Waals surface area contributed by atoms with Crippen molar-refractivity contribution >= 4 is 11.3 Å². The van der Waals surface area contributed by atoms with Gasteiger partial charge >= 0.3 is 0 Å². The fourth-order valence-electron chi connectivity index (χ4n) is 2.76. The molecular formula is C14H19N3O2S. The standard InChI is InChI=1S/C14H19N3O2S/c1-17(7-10-3-2-4-12(10)18)8-13-15-14(19-16-13)11-5-6-20-9-11/h5-6,9-10,12,18H,2-4,7-8H2,1H3. The topological polar surface area (TPSA) is 62.4 Å². The second kappa shape index (κ2) is 6.03. The second-order valence-electron chi connectivity index (χ2n) is 5.48. The van der Waals surface area contributed by atoms with Gasteiger partial charge in [0, 0.05) is 11.9 Å². The molecular weight excluding hydrogens is 274 g/mol. The van der Waals surface area contributed by atoms with Crippen LogP contribution in [-0.4, -0.2) is 39.8 Å². The Hall–Kier alpha value is -1.24. The van der Waals surface area contributed by atoms with Crippen molar-refractivity contribution in [1.82, 2.24) is 15.0 Å². The van der Waals surface area contributed by atoms with Crippen molar-refractivity contribution in [1.29, 1.82) is 0 Å². The van der Waals surface area contributed by atoms with E-state index >= 15 is 0 Å². The zero-order valence-electron chi connectivity index (χ0n) is 11.5. The summed E-state index contributed by atoms with van der Waals surface area (Å²) in [6.45, 7) is 1.53. The highest BCUT2D eigenvalue weighted by atomic mass is 32.1. The van der Waals surface area contributed by atoms with E-state index in [9.17, 15) is 5.11 Å². The average Bonchev–Trinajstić information content (AvgIpc) is 3.12. The van der Waals surface area contributed by atoms with E-state index in [0.717, 1.165) is 31.4 Å². The summed E-state index contributed by atoms with van der Waals surface area (Å²) in [6, 6.07) is 1.97. The third kappa shape index (κ3) is 3.08. The van der Waals surface area contributed by atoms with Gasteiger partial charge in [0.2, 0.25) is 0 Å². The minimum absolute atomic E-state index is 0.149. The van der Waals surface area contributed by atoms with Crippen LogP contribution >= 0.6 is 11.3 Å². The van der Waals surface area contributed by atoms with Gasteiger partial charge in [-0.05, 0) is 37.3 Å². The fourth-order valence-corrected chi connectivity index (χ4v) is 3.39. The maximum Gasteiger partial charge on any atom is 0.258 e. The largest absolute Gasteiger partial charge is 0.393 e. The van der Waals surface area contributed by atoms with E-state index in [1.807, 2.05) is 23.9 Å². The molecule has 108 valence electrons. The summed E-state index contributed by atoms with van der Waals surface area (Å²) in [5, 5.41) is 17.9. The van der Waals surface area contributed by atoms with Crippen molar-refractivity contribution in [3.63, 3.8) is 0 Å². The Morgan fingerprint density at radius 2 is 2.40 bits per heavy atom. The first-order chi connectivity index (χ1) is 9.72. The van der Waals surface area contributed by atoms with Crippen molar-refractivity contribution in [3.05, 3.63) is 22.7 Å². The average molecular weight is 293 g/mol. The van der Waals surface area contributed by atoms with E-state index in [-0.39, 0.29) is 6.10 Å². The lowest BCUT2D eigenvalue weighted by molar-refractivity contribution is 0.107. The molecule has 0 spiro atoms. The molecule has 6 heteroatoms. The van der Waals surface area contributed by atoms with E-state index in [0.29, 0.717) is 24.2 Å². The Bertz CT molecular complexity index is 540. The number of aliphatic hydroxyl groups excluding tert-OH is 1. The summed E-state index contributed by atoms with van der Waals surface area (Å²) in [4.78, 5) is 6.57. The molecule has 0 aromatic carbocycles. The molecule has 0 aliphatic heterocycles. The minimum Gasteiger partial charge on any atom is -0.393 e. The first-order valence-corrected chi connectivity index (χ1v) is 7.88. The molecule has 2 aromatic rings. The zero-order valence-corrected chi connectivity index (χ0v) is 12.3. The van der Waals surface area contributed by atoms with E-state index in [2.05, 4.69) is 15.0 Å². The summed E-state index contributed by atoms with van der Waals surface area (Å²) >= 11 is 1.61. The summed E-state index contributed by atoms with van der Waals surface area (Å²) in [5.74, 6) is 1.65. The van der Waals surface area contributed by atoms with Crippen LogP contribution in [0.25, 0.3) is 11.5 Å². The molecule has 1 saturated carbocycles. The molecule has 1 N–H and O–H groups in total. The quantitative estimate of drug-likeness (QED) is 0.917. The predicted molar refractivity (Wildman–Crippen MR) is 77.3 cm³/mol. The monoisotopic (exact) mass is 293 g/mol. The number of nitrogens with zero attached hydrogens (tertiary/aromatic N) is 3. The van der Waals surface area contributed by atoms with Crippen LogP contribution in [0.3, 0.4) is 0 Å². The third-order valence-electron chi connectivity index (χ3n) is 3.81. The molecule has 2 heterocycles. The Kier molecular flexibility index (Phi) is 4.14.